The average molecular weight is 1370 g/mol. The van der Waals surface area contributed by atoms with Gasteiger partial charge in [0, 0.05) is 130 Å². The van der Waals surface area contributed by atoms with Gasteiger partial charge in [0.2, 0.25) is 5.78 Å². The normalized spacial score (nSPS) is 11.5. The summed E-state index contributed by atoms with van der Waals surface area (Å²) in [5, 5.41) is 17.3. The van der Waals surface area contributed by atoms with Gasteiger partial charge in [0.05, 0.1) is 41.9 Å². The molecular weight excluding hydrogens is 1300 g/mol. The fourth-order valence-electron chi connectivity index (χ4n) is 11.6. The number of carbonyl (C=O) groups is 5. The summed E-state index contributed by atoms with van der Waals surface area (Å²) in [6.07, 6.45) is 20.1. The highest BCUT2D eigenvalue weighted by Crippen LogP contribution is 2.42. The van der Waals surface area contributed by atoms with Crippen LogP contribution in [-0.2, 0) is 27.2 Å². The van der Waals surface area contributed by atoms with Crippen LogP contribution in [0.15, 0.2) is 304 Å². The van der Waals surface area contributed by atoms with Crippen LogP contribution in [0.3, 0.4) is 0 Å². The molecule has 6 aromatic carbocycles. The van der Waals surface area contributed by atoms with Crippen LogP contribution in [0.5, 0.6) is 0 Å². The number of carbonyl (C=O) groups excluding carboxylic acids is 5. The number of rotatable bonds is 13. The lowest BCUT2D eigenvalue weighted by atomic mass is 9.90. The molecule has 104 heavy (non-hydrogen) atoms. The Kier molecular flexibility index (Phi) is 25.2. The van der Waals surface area contributed by atoms with Crippen molar-refractivity contribution in [3.63, 3.8) is 0 Å². The van der Waals surface area contributed by atoms with Gasteiger partial charge in [-0.2, -0.15) is 10.4 Å². The minimum atomic E-state index is -0.861. The quantitative estimate of drug-likeness (QED) is 0.0471. The fourth-order valence-corrected chi connectivity index (χ4v) is 11.6. The van der Waals surface area contributed by atoms with Gasteiger partial charge in [-0.25, -0.2) is 6.57 Å². The maximum Gasteiger partial charge on any atom is 0.320 e. The largest absolute Gasteiger partial charge is 0.468 e. The van der Waals surface area contributed by atoms with Crippen LogP contribution in [0, 0.1) is 17.9 Å². The Morgan fingerprint density at radius 3 is 1.62 bits per heavy atom. The Morgan fingerprint density at radius 1 is 0.577 bits per heavy atom. The number of fused-ring (bicyclic) bond motifs is 3. The molecule has 0 saturated carbocycles. The molecule has 1 aliphatic heterocycles. The van der Waals surface area contributed by atoms with E-state index >= 15 is 0 Å². The smallest absolute Gasteiger partial charge is 0.320 e. The van der Waals surface area contributed by atoms with Crippen molar-refractivity contribution >= 4 is 62.4 Å². The van der Waals surface area contributed by atoms with E-state index in [4.69, 9.17) is 17.6 Å². The number of nitrogens with two attached hydrogens (primary N) is 1. The Hall–Kier alpha value is -14.1. The number of esters is 1. The number of hydrogen-bond donors (Lipinski definition) is 2. The zero-order valence-electron chi connectivity index (χ0n) is 57.4. The van der Waals surface area contributed by atoms with Crippen LogP contribution in [0.4, 0.5) is 5.82 Å². The molecule has 15 rings (SSSR count). The number of methoxy groups -OCH3 is 1. The number of aromatic amines is 1. The fraction of sp³-hybridized carbons (Fsp3) is 0.0930. The molecule has 9 heterocycles. The molecule has 14 aromatic rings. The minimum absolute atomic E-state index is 0.00878. The van der Waals surface area contributed by atoms with E-state index < -0.39 is 17.9 Å². The highest BCUT2D eigenvalue weighted by molar-refractivity contribution is 6.24. The second-order valence-electron chi connectivity index (χ2n) is 23.5. The summed E-state index contributed by atoms with van der Waals surface area (Å²) < 4.78 is 6.51. The third kappa shape index (κ3) is 18.4. The van der Waals surface area contributed by atoms with Gasteiger partial charge in [-0.05, 0) is 139 Å². The molecule has 0 bridgehead atoms. The number of anilines is 1. The van der Waals surface area contributed by atoms with Crippen LogP contribution < -0.4 is 5.73 Å². The van der Waals surface area contributed by atoms with Crippen molar-refractivity contribution in [2.75, 3.05) is 12.8 Å². The first kappa shape index (κ1) is 72.6. The summed E-state index contributed by atoms with van der Waals surface area (Å²) in [4.78, 5) is 87.7. The number of nitrogens with one attached hydrogen (secondary N) is 1. The van der Waals surface area contributed by atoms with Gasteiger partial charge in [0.15, 0.2) is 11.6 Å². The maximum absolute atomic E-state index is 13.9. The third-order valence-electron chi connectivity index (χ3n) is 16.6. The number of hydrogen-bond acceptors (Lipinski definition) is 15. The van der Waals surface area contributed by atoms with Crippen molar-refractivity contribution in [3.8, 4) is 50.7 Å². The maximum atomic E-state index is 13.9. The molecular formula is C86H70N12O6. The summed E-state index contributed by atoms with van der Waals surface area (Å²) in [5.41, 5.74) is 23.4. The number of allylic oxidation sites excluding steroid dienone is 2. The summed E-state index contributed by atoms with van der Waals surface area (Å²) in [5.74, 6) is -1.22. The van der Waals surface area contributed by atoms with Crippen molar-refractivity contribution in [1.29, 1.82) is 5.26 Å². The SMILES string of the molecule is CC(=O)c1ccncc1.CC1=C(c2ccc3ncccc3c2)C(=O)n2cc(-c3ccncc3)c(-c3ccccc3)c2C1.COC(=O)C(C(C)=O)c1ccc2ncccc2c1.N#CCc1ccccc1.Nc1n[nH]c(-c2ccncc2)c1-c1ccccc1.[C-]#[N+]C(C(=O)c1ccncc1)c1ccccc1. The Morgan fingerprint density at radius 2 is 1.09 bits per heavy atom. The molecule has 0 saturated heterocycles. The first-order valence-corrected chi connectivity index (χ1v) is 33.0. The summed E-state index contributed by atoms with van der Waals surface area (Å²) in [6.45, 7) is 12.2. The number of nitriles is 1. The number of nitrogens with zero attached hydrogens (tertiary/aromatic N) is 10. The minimum Gasteiger partial charge on any atom is -0.468 e. The van der Waals surface area contributed by atoms with Crippen LogP contribution in [0.1, 0.15) is 86.2 Å². The number of Topliss-reactive ketones (excluding diaryl/α,β-unsaturated/α-hetero) is 3. The highest BCUT2D eigenvalue weighted by Gasteiger charge is 2.31. The summed E-state index contributed by atoms with van der Waals surface area (Å²) >= 11 is 0. The molecule has 0 fully saturated rings. The van der Waals surface area contributed by atoms with E-state index in [2.05, 4.69) is 80.9 Å². The molecule has 18 heteroatoms. The van der Waals surface area contributed by atoms with Gasteiger partial charge in [0.1, 0.15) is 11.7 Å². The van der Waals surface area contributed by atoms with E-state index in [9.17, 15) is 24.0 Å². The molecule has 2 unspecified atom stereocenters. The zero-order valence-corrected chi connectivity index (χ0v) is 57.4. The second kappa shape index (κ2) is 36.1. The lowest BCUT2D eigenvalue weighted by molar-refractivity contribution is -0.145. The van der Waals surface area contributed by atoms with Crippen molar-refractivity contribution in [2.24, 2.45) is 0 Å². The standard InChI is InChI=1S/C29H21N3O.C14H12N4.C14H10N2O.C14H13NO3.C8H7N.C7H7NO/c1-19-16-26-28(21-6-3-2-4-7-21)24(20-11-14-30-15-12-20)18-32(26)29(33)27(19)23-9-10-25-22(17-23)8-5-13-31-25;15-14-12(10-4-2-1-3-5-10)13(17-18-14)11-6-8-16-9-7-11;1-15-13(11-5-3-2-4-6-11)14(17)12-7-9-16-10-8-12;1-9(16)13(14(17)18-2)11-5-6-12-10(8-11)4-3-7-15-12;9-7-6-8-4-2-1-3-5-8;1-6(9)7-2-4-8-5-3-7/h2-15,17-18H,16H2,1H3;1-9H,(H3,15,17,18);2-10,13H;3-8,13H,1-2H3;1-5H,6H2;2-5H,1H3. The lowest BCUT2D eigenvalue weighted by Gasteiger charge is -2.21. The van der Waals surface area contributed by atoms with E-state index in [-0.39, 0.29) is 23.3 Å². The van der Waals surface area contributed by atoms with Crippen molar-refractivity contribution in [2.45, 2.75) is 45.6 Å². The third-order valence-corrected chi connectivity index (χ3v) is 16.6. The molecule has 3 N–H and O–H groups in total. The van der Waals surface area contributed by atoms with E-state index in [0.29, 0.717) is 35.3 Å². The number of pyridine rings is 6. The monoisotopic (exact) mass is 1370 g/mol. The summed E-state index contributed by atoms with van der Waals surface area (Å²) in [6, 6.07) is 74.0. The predicted molar refractivity (Wildman–Crippen MR) is 405 cm³/mol. The van der Waals surface area contributed by atoms with Gasteiger partial charge in [0.25, 0.3) is 5.91 Å². The van der Waals surface area contributed by atoms with Crippen molar-refractivity contribution in [1.82, 2.24) is 44.7 Å². The zero-order chi connectivity index (χ0) is 73.2. The Balaban J connectivity index is 0.000000142. The van der Waals surface area contributed by atoms with Gasteiger partial charge < -0.3 is 10.5 Å². The lowest BCUT2D eigenvalue weighted by Crippen LogP contribution is -2.21. The molecule has 0 amide bonds. The second-order valence-corrected chi connectivity index (χ2v) is 23.5. The van der Waals surface area contributed by atoms with Crippen molar-refractivity contribution < 1.29 is 28.7 Å². The first-order valence-electron chi connectivity index (χ1n) is 33.0. The molecule has 0 aliphatic carbocycles. The molecule has 0 spiro atoms. The number of nitrogen functional groups attached to an aromatic ring is 1. The predicted octanol–water partition coefficient (Wildman–Crippen LogP) is 17.2. The van der Waals surface area contributed by atoms with Gasteiger partial charge in [-0.15, -0.1) is 0 Å². The average Bonchev–Trinajstić information content (AvgIpc) is 1.54. The van der Waals surface area contributed by atoms with Gasteiger partial charge >= 0.3 is 12.0 Å². The molecule has 1 aliphatic rings. The van der Waals surface area contributed by atoms with E-state index in [1.54, 1.807) is 117 Å². The number of benzene rings is 6. The first-order chi connectivity index (χ1) is 50.8. The topological polar surface area (TPSA) is 260 Å². The van der Waals surface area contributed by atoms with Crippen molar-refractivity contribution in [3.05, 3.63) is 355 Å². The van der Waals surface area contributed by atoms with E-state index in [0.717, 1.165) is 100.0 Å². The highest BCUT2D eigenvalue weighted by atomic mass is 16.5. The van der Waals surface area contributed by atoms with E-state index in [1.165, 1.54) is 21.0 Å². The van der Waals surface area contributed by atoms with Crippen LogP contribution in [0.2, 0.25) is 0 Å². The number of ether oxygens (including phenoxy) is 1. The molecule has 8 aromatic heterocycles. The van der Waals surface area contributed by atoms with Gasteiger partial charge in [-0.3, -0.25) is 68.4 Å². The summed E-state index contributed by atoms with van der Waals surface area (Å²) in [7, 11) is 1.28. The molecule has 0 radical (unpaired) electrons. The molecule has 2 atom stereocenters. The number of ketones is 3. The number of aromatic nitrogens is 9. The number of H-pyrrole nitrogens is 1. The van der Waals surface area contributed by atoms with Gasteiger partial charge in [-0.1, -0.05) is 151 Å². The van der Waals surface area contributed by atoms with E-state index in [1.807, 2.05) is 168 Å². The van der Waals surface area contributed by atoms with Crippen LogP contribution in [-0.4, -0.2) is 81.0 Å². The Labute approximate surface area is 601 Å². The Bertz CT molecular complexity index is 5360. The van der Waals surface area contributed by atoms with Crippen LogP contribution >= 0.6 is 0 Å². The molecule has 510 valence electrons. The molecule has 18 nitrogen and oxygen atoms in total. The van der Waals surface area contributed by atoms with Crippen LogP contribution in [0.25, 0.3) is 76.9 Å².